The largest absolute Gasteiger partial charge is 0.416 e. The lowest BCUT2D eigenvalue weighted by Crippen LogP contribution is -2.05. The van der Waals surface area contributed by atoms with Crippen molar-refractivity contribution in [2.24, 2.45) is 0 Å². The van der Waals surface area contributed by atoms with Crippen LogP contribution in [-0.4, -0.2) is 10.2 Å². The van der Waals surface area contributed by atoms with Crippen molar-refractivity contribution in [1.29, 1.82) is 0 Å². The molecular formula is C11H10F3N3. The number of anilines is 1. The summed E-state index contributed by atoms with van der Waals surface area (Å²) in [5, 5.41) is 9.42. The molecule has 3 nitrogen and oxygen atoms in total. The minimum atomic E-state index is -4.29. The first kappa shape index (κ1) is 11.5. The Morgan fingerprint density at radius 3 is 2.41 bits per heavy atom. The molecule has 90 valence electrons. The van der Waals surface area contributed by atoms with E-state index in [1.807, 2.05) is 0 Å². The molecule has 0 radical (unpaired) electrons. The number of aromatic nitrogens is 2. The minimum Gasteiger partial charge on any atom is -0.381 e. The van der Waals surface area contributed by atoms with Crippen LogP contribution in [0.5, 0.6) is 0 Å². The Labute approximate surface area is 95.7 Å². The molecule has 1 heterocycles. The van der Waals surface area contributed by atoms with Crippen LogP contribution in [0.1, 0.15) is 11.1 Å². The van der Waals surface area contributed by atoms with Crippen molar-refractivity contribution in [2.75, 3.05) is 5.32 Å². The van der Waals surface area contributed by atoms with Crippen molar-refractivity contribution in [3.8, 4) is 0 Å². The van der Waals surface area contributed by atoms with Crippen molar-refractivity contribution >= 4 is 5.69 Å². The fourth-order valence-electron chi connectivity index (χ4n) is 1.36. The normalized spacial score (nSPS) is 11.5. The molecule has 1 aromatic heterocycles. The zero-order valence-electron chi connectivity index (χ0n) is 8.75. The highest BCUT2D eigenvalue weighted by Crippen LogP contribution is 2.29. The van der Waals surface area contributed by atoms with Crippen molar-refractivity contribution in [3.05, 3.63) is 47.8 Å². The average Bonchev–Trinajstić information content (AvgIpc) is 2.78. The Bertz CT molecular complexity index is 460. The smallest absolute Gasteiger partial charge is 0.381 e. The lowest BCUT2D eigenvalue weighted by Gasteiger charge is -2.08. The molecule has 0 saturated heterocycles. The van der Waals surface area contributed by atoms with E-state index >= 15 is 0 Å². The second-order valence-electron chi connectivity index (χ2n) is 3.54. The van der Waals surface area contributed by atoms with Crippen LogP contribution in [0.25, 0.3) is 0 Å². The Balaban J connectivity index is 1.99. The van der Waals surface area contributed by atoms with E-state index in [4.69, 9.17) is 0 Å². The fourth-order valence-corrected chi connectivity index (χ4v) is 1.36. The highest BCUT2D eigenvalue weighted by molar-refractivity contribution is 5.45. The fraction of sp³-hybridized carbons (Fsp3) is 0.182. The van der Waals surface area contributed by atoms with Gasteiger partial charge in [0.05, 0.1) is 11.8 Å². The standard InChI is InChI=1S/C11H10F3N3/c12-11(13,14)9-1-3-10(4-2-9)15-5-8-6-16-17-7-8/h1-4,6-7,15H,5H2,(H,16,17). The summed E-state index contributed by atoms with van der Waals surface area (Å²) in [5.74, 6) is 0. The van der Waals surface area contributed by atoms with Gasteiger partial charge in [0.15, 0.2) is 0 Å². The van der Waals surface area contributed by atoms with Gasteiger partial charge in [-0.2, -0.15) is 18.3 Å². The average molecular weight is 241 g/mol. The zero-order valence-corrected chi connectivity index (χ0v) is 8.75. The van der Waals surface area contributed by atoms with Crippen molar-refractivity contribution in [3.63, 3.8) is 0 Å². The summed E-state index contributed by atoms with van der Waals surface area (Å²) >= 11 is 0. The molecule has 17 heavy (non-hydrogen) atoms. The van der Waals surface area contributed by atoms with Gasteiger partial charge in [0.25, 0.3) is 0 Å². The van der Waals surface area contributed by atoms with Crippen LogP contribution >= 0.6 is 0 Å². The van der Waals surface area contributed by atoms with Crippen molar-refractivity contribution in [2.45, 2.75) is 12.7 Å². The van der Waals surface area contributed by atoms with Gasteiger partial charge in [-0.25, -0.2) is 0 Å². The van der Waals surface area contributed by atoms with Gasteiger partial charge in [0.2, 0.25) is 0 Å². The van der Waals surface area contributed by atoms with E-state index < -0.39 is 11.7 Å². The lowest BCUT2D eigenvalue weighted by molar-refractivity contribution is -0.137. The van der Waals surface area contributed by atoms with E-state index in [2.05, 4.69) is 15.5 Å². The molecule has 0 bridgehead atoms. The van der Waals surface area contributed by atoms with Crippen LogP contribution in [0.3, 0.4) is 0 Å². The van der Waals surface area contributed by atoms with Gasteiger partial charge >= 0.3 is 6.18 Å². The molecule has 6 heteroatoms. The monoisotopic (exact) mass is 241 g/mol. The van der Waals surface area contributed by atoms with E-state index in [1.54, 1.807) is 12.4 Å². The number of hydrogen-bond donors (Lipinski definition) is 2. The SMILES string of the molecule is FC(F)(F)c1ccc(NCc2cn[nH]c2)cc1. The number of hydrogen-bond acceptors (Lipinski definition) is 2. The number of benzene rings is 1. The second kappa shape index (κ2) is 4.48. The number of nitrogens with zero attached hydrogens (tertiary/aromatic N) is 1. The van der Waals surface area contributed by atoms with Gasteiger partial charge in [-0.1, -0.05) is 0 Å². The van der Waals surface area contributed by atoms with Crippen LogP contribution in [-0.2, 0) is 12.7 Å². The summed E-state index contributed by atoms with van der Waals surface area (Å²) in [5.41, 5.74) is 0.926. The molecule has 0 aliphatic rings. The molecule has 2 aromatic rings. The first-order valence-corrected chi connectivity index (χ1v) is 4.94. The molecular weight excluding hydrogens is 231 g/mol. The molecule has 0 amide bonds. The Morgan fingerprint density at radius 2 is 1.88 bits per heavy atom. The third-order valence-corrected chi connectivity index (χ3v) is 2.26. The van der Waals surface area contributed by atoms with E-state index in [9.17, 15) is 13.2 Å². The summed E-state index contributed by atoms with van der Waals surface area (Å²) in [6.07, 6.45) is -0.919. The van der Waals surface area contributed by atoms with Crippen LogP contribution in [0.2, 0.25) is 0 Å². The number of rotatable bonds is 3. The summed E-state index contributed by atoms with van der Waals surface area (Å²) < 4.78 is 36.9. The van der Waals surface area contributed by atoms with E-state index in [-0.39, 0.29) is 0 Å². The van der Waals surface area contributed by atoms with Crippen LogP contribution in [0.4, 0.5) is 18.9 Å². The first-order chi connectivity index (χ1) is 8.05. The summed E-state index contributed by atoms with van der Waals surface area (Å²) in [4.78, 5) is 0. The molecule has 2 N–H and O–H groups in total. The molecule has 1 aromatic carbocycles. The van der Waals surface area contributed by atoms with E-state index in [0.29, 0.717) is 12.2 Å². The molecule has 0 aliphatic carbocycles. The molecule has 0 fully saturated rings. The van der Waals surface area contributed by atoms with Gasteiger partial charge in [0, 0.05) is 24.0 Å². The highest BCUT2D eigenvalue weighted by Gasteiger charge is 2.29. The second-order valence-corrected chi connectivity index (χ2v) is 3.54. The Hall–Kier alpha value is -1.98. The number of nitrogens with one attached hydrogen (secondary N) is 2. The number of halogens is 3. The number of H-pyrrole nitrogens is 1. The highest BCUT2D eigenvalue weighted by atomic mass is 19.4. The first-order valence-electron chi connectivity index (χ1n) is 4.94. The summed E-state index contributed by atoms with van der Waals surface area (Å²) in [6, 6.07) is 4.92. The minimum absolute atomic E-state index is 0.516. The molecule has 2 rings (SSSR count). The maximum absolute atomic E-state index is 12.3. The predicted octanol–water partition coefficient (Wildman–Crippen LogP) is 3.04. The molecule has 0 saturated carbocycles. The molecule has 0 spiro atoms. The predicted molar refractivity (Wildman–Crippen MR) is 57.4 cm³/mol. The molecule has 0 aliphatic heterocycles. The topological polar surface area (TPSA) is 40.7 Å². The zero-order chi connectivity index (χ0) is 12.3. The quantitative estimate of drug-likeness (QED) is 0.867. The Morgan fingerprint density at radius 1 is 1.18 bits per heavy atom. The van der Waals surface area contributed by atoms with Gasteiger partial charge in [-0.15, -0.1) is 0 Å². The Kier molecular flexibility index (Phi) is 3.03. The molecule has 0 unspecified atom stereocenters. The number of alkyl halides is 3. The van der Waals surface area contributed by atoms with Gasteiger partial charge < -0.3 is 5.32 Å². The summed E-state index contributed by atoms with van der Waals surface area (Å²) in [7, 11) is 0. The lowest BCUT2D eigenvalue weighted by atomic mass is 10.2. The van der Waals surface area contributed by atoms with Crippen LogP contribution in [0, 0.1) is 0 Å². The number of aromatic amines is 1. The van der Waals surface area contributed by atoms with Crippen molar-refractivity contribution in [1.82, 2.24) is 10.2 Å². The maximum Gasteiger partial charge on any atom is 0.416 e. The van der Waals surface area contributed by atoms with E-state index in [0.717, 1.165) is 17.7 Å². The summed E-state index contributed by atoms with van der Waals surface area (Å²) in [6.45, 7) is 0.516. The third-order valence-electron chi connectivity index (χ3n) is 2.26. The van der Waals surface area contributed by atoms with Crippen molar-refractivity contribution < 1.29 is 13.2 Å². The van der Waals surface area contributed by atoms with Gasteiger partial charge in [0.1, 0.15) is 0 Å². The van der Waals surface area contributed by atoms with Crippen LogP contribution < -0.4 is 5.32 Å². The van der Waals surface area contributed by atoms with E-state index in [1.165, 1.54) is 12.1 Å². The maximum atomic E-state index is 12.3. The molecule has 0 atom stereocenters. The third kappa shape index (κ3) is 2.99. The van der Waals surface area contributed by atoms with Crippen LogP contribution in [0.15, 0.2) is 36.7 Å². The van der Waals surface area contributed by atoms with Gasteiger partial charge in [-0.3, -0.25) is 5.10 Å². The van der Waals surface area contributed by atoms with Gasteiger partial charge in [-0.05, 0) is 24.3 Å².